The van der Waals surface area contributed by atoms with Crippen molar-refractivity contribution in [1.82, 2.24) is 0 Å². The van der Waals surface area contributed by atoms with Crippen molar-refractivity contribution in [2.45, 2.75) is 84.2 Å². The summed E-state index contributed by atoms with van der Waals surface area (Å²) in [4.78, 5) is 27.9. The molecule has 0 aromatic rings. The molecule has 11 unspecified atom stereocenters. The van der Waals surface area contributed by atoms with Crippen LogP contribution in [0.3, 0.4) is 0 Å². The summed E-state index contributed by atoms with van der Waals surface area (Å²) >= 11 is 0. The van der Waals surface area contributed by atoms with E-state index in [1.807, 2.05) is 71.1 Å². The van der Waals surface area contributed by atoms with E-state index in [0.29, 0.717) is 18.4 Å². The molecule has 5 aliphatic rings. The fraction of sp³-hybridized carbons (Fsp3) is 0.625. The van der Waals surface area contributed by atoms with Gasteiger partial charge in [0.15, 0.2) is 5.60 Å². The van der Waals surface area contributed by atoms with Crippen LogP contribution in [0.5, 0.6) is 0 Å². The van der Waals surface area contributed by atoms with Crippen LogP contribution in [-0.2, 0) is 14.3 Å². The SMILES string of the molecule is CC1=CC2C=CC(C)CC23OC(=O)C(=C(O)C2(C)C(C=CC4C(O)C(C)(O)CC(C)C42)C(C)=CCC1O)C3=O. The van der Waals surface area contributed by atoms with Crippen LogP contribution in [0.4, 0.5) is 0 Å². The van der Waals surface area contributed by atoms with E-state index in [1.54, 1.807) is 6.92 Å². The summed E-state index contributed by atoms with van der Waals surface area (Å²) in [5, 5.41) is 45.4. The number of aliphatic hydroxyl groups is 4. The van der Waals surface area contributed by atoms with Gasteiger partial charge in [-0.05, 0) is 56.9 Å². The van der Waals surface area contributed by atoms with Crippen molar-refractivity contribution in [2.24, 2.45) is 40.9 Å². The summed E-state index contributed by atoms with van der Waals surface area (Å²) in [5.41, 5.74) is -2.73. The van der Waals surface area contributed by atoms with Gasteiger partial charge in [0.05, 0.1) is 17.8 Å². The molecule has 7 heteroatoms. The highest BCUT2D eigenvalue weighted by Gasteiger charge is 2.63. The maximum atomic E-state index is 14.3. The fourth-order valence-corrected chi connectivity index (χ4v) is 8.42. The van der Waals surface area contributed by atoms with Gasteiger partial charge in [-0.15, -0.1) is 0 Å². The summed E-state index contributed by atoms with van der Waals surface area (Å²) in [7, 11) is 0. The number of rotatable bonds is 0. The van der Waals surface area contributed by atoms with E-state index in [9.17, 15) is 30.0 Å². The van der Waals surface area contributed by atoms with E-state index in [0.717, 1.165) is 5.57 Å². The van der Waals surface area contributed by atoms with Crippen LogP contribution in [0.2, 0.25) is 0 Å². The Labute approximate surface area is 230 Å². The van der Waals surface area contributed by atoms with Crippen molar-refractivity contribution < 1.29 is 34.8 Å². The Kier molecular flexibility index (Phi) is 6.68. The molecule has 5 rings (SSSR count). The molecule has 1 saturated heterocycles. The first-order valence-corrected chi connectivity index (χ1v) is 14.2. The normalized spacial score (nSPS) is 48.0. The molecule has 0 aromatic heterocycles. The number of esters is 1. The molecule has 2 bridgehead atoms. The summed E-state index contributed by atoms with van der Waals surface area (Å²) in [6.45, 7) is 11.2. The Balaban J connectivity index is 1.78. The van der Waals surface area contributed by atoms with Crippen molar-refractivity contribution in [3.63, 3.8) is 0 Å². The van der Waals surface area contributed by atoms with Crippen molar-refractivity contribution in [3.8, 4) is 0 Å². The number of Topliss-reactive ketones (excluding diaryl/α,β-unsaturated/α-hetero) is 1. The average molecular weight is 539 g/mol. The zero-order chi connectivity index (χ0) is 28.7. The van der Waals surface area contributed by atoms with Crippen LogP contribution in [0.1, 0.15) is 60.8 Å². The Morgan fingerprint density at radius 1 is 0.974 bits per heavy atom. The van der Waals surface area contributed by atoms with Gasteiger partial charge in [-0.1, -0.05) is 62.8 Å². The van der Waals surface area contributed by atoms with Crippen molar-refractivity contribution in [3.05, 3.63) is 58.9 Å². The number of hydrogen-bond acceptors (Lipinski definition) is 7. The second-order valence-electron chi connectivity index (χ2n) is 13.3. The topological polar surface area (TPSA) is 124 Å². The lowest BCUT2D eigenvalue weighted by Crippen LogP contribution is -2.59. The number of carbonyl (C=O) groups excluding carboxylic acids is 2. The third-order valence-corrected chi connectivity index (χ3v) is 10.4. The monoisotopic (exact) mass is 538 g/mol. The highest BCUT2D eigenvalue weighted by Crippen LogP contribution is 2.60. The van der Waals surface area contributed by atoms with Crippen molar-refractivity contribution in [2.75, 3.05) is 0 Å². The second kappa shape index (κ2) is 9.28. The van der Waals surface area contributed by atoms with E-state index in [-0.39, 0.29) is 35.5 Å². The smallest absolute Gasteiger partial charge is 0.346 e. The van der Waals surface area contributed by atoms with Gasteiger partial charge in [-0.2, -0.15) is 0 Å². The molecule has 0 amide bonds. The molecule has 4 aliphatic carbocycles. The Bertz CT molecular complexity index is 1230. The maximum Gasteiger partial charge on any atom is 0.346 e. The molecule has 1 aliphatic heterocycles. The minimum Gasteiger partial charge on any atom is -0.511 e. The molecule has 7 nitrogen and oxygen atoms in total. The number of fused-ring (bicyclic) bond motifs is 4. The summed E-state index contributed by atoms with van der Waals surface area (Å²) < 4.78 is 5.96. The third kappa shape index (κ3) is 4.03. The average Bonchev–Trinajstić information content (AvgIpc) is 3.09. The van der Waals surface area contributed by atoms with Gasteiger partial charge in [0.2, 0.25) is 5.78 Å². The number of carbonyl (C=O) groups is 2. The highest BCUT2D eigenvalue weighted by atomic mass is 16.6. The zero-order valence-corrected chi connectivity index (χ0v) is 23.7. The number of allylic oxidation sites excluding steroid dienone is 4. The standard InChI is InChI=1S/C32H42O7/c1-16-7-9-20-13-18(3)23(33)12-8-17(2)22-11-10-21-25(19(4)15-30(5,38)26(21)34)31(22,6)27(35)24-28(36)32(20,14-16)39-29(24)37/h7-11,13,16,19-23,25-26,33-35,38H,12,14-15H2,1-6H3. The summed E-state index contributed by atoms with van der Waals surface area (Å²) in [5.74, 6) is -3.75. The van der Waals surface area contributed by atoms with E-state index in [4.69, 9.17) is 4.74 Å². The lowest BCUT2D eigenvalue weighted by molar-refractivity contribution is -0.162. The van der Waals surface area contributed by atoms with Gasteiger partial charge >= 0.3 is 5.97 Å². The zero-order valence-electron chi connectivity index (χ0n) is 23.7. The second-order valence-corrected chi connectivity index (χ2v) is 13.3. The molecule has 39 heavy (non-hydrogen) atoms. The minimum atomic E-state index is -1.50. The Hall–Kier alpha value is -2.48. The van der Waals surface area contributed by atoms with Crippen LogP contribution >= 0.6 is 0 Å². The molecule has 1 spiro atoms. The molecule has 2 fully saturated rings. The summed E-state index contributed by atoms with van der Waals surface area (Å²) in [6.07, 6.45) is 10.5. The first kappa shape index (κ1) is 28.1. The van der Waals surface area contributed by atoms with Crippen LogP contribution in [0.15, 0.2) is 58.9 Å². The lowest BCUT2D eigenvalue weighted by atomic mass is 9.49. The highest BCUT2D eigenvalue weighted by molar-refractivity contribution is 6.26. The van der Waals surface area contributed by atoms with Gasteiger partial charge < -0.3 is 25.2 Å². The number of hydrogen-bond donors (Lipinski definition) is 4. The van der Waals surface area contributed by atoms with Crippen LogP contribution in [0.25, 0.3) is 0 Å². The number of aliphatic hydroxyl groups excluding tert-OH is 3. The van der Waals surface area contributed by atoms with E-state index < -0.39 is 58.3 Å². The Morgan fingerprint density at radius 3 is 2.36 bits per heavy atom. The molecule has 1 saturated carbocycles. The molecular weight excluding hydrogens is 496 g/mol. The van der Waals surface area contributed by atoms with Crippen molar-refractivity contribution in [1.29, 1.82) is 0 Å². The van der Waals surface area contributed by atoms with E-state index >= 15 is 0 Å². The van der Waals surface area contributed by atoms with Crippen molar-refractivity contribution >= 4 is 11.8 Å². The predicted octanol–water partition coefficient (Wildman–Crippen LogP) is 4.11. The maximum absolute atomic E-state index is 14.3. The van der Waals surface area contributed by atoms with Gasteiger partial charge in [0.1, 0.15) is 11.3 Å². The van der Waals surface area contributed by atoms with Gasteiger partial charge in [-0.3, -0.25) is 4.79 Å². The van der Waals surface area contributed by atoms with Crippen LogP contribution in [0, 0.1) is 40.9 Å². The third-order valence-electron chi connectivity index (χ3n) is 10.4. The van der Waals surface area contributed by atoms with Crippen LogP contribution < -0.4 is 0 Å². The van der Waals surface area contributed by atoms with E-state index in [2.05, 4.69) is 0 Å². The molecule has 0 aromatic carbocycles. The molecule has 11 atom stereocenters. The van der Waals surface area contributed by atoms with Gasteiger partial charge in [0.25, 0.3) is 0 Å². The van der Waals surface area contributed by atoms with E-state index in [1.165, 1.54) is 0 Å². The predicted molar refractivity (Wildman–Crippen MR) is 146 cm³/mol. The van der Waals surface area contributed by atoms with Gasteiger partial charge in [0, 0.05) is 29.6 Å². The summed E-state index contributed by atoms with van der Waals surface area (Å²) in [6, 6.07) is 0. The number of ketones is 1. The molecule has 212 valence electrons. The minimum absolute atomic E-state index is 0.0289. The van der Waals surface area contributed by atoms with Gasteiger partial charge in [-0.25, -0.2) is 4.79 Å². The first-order valence-electron chi connectivity index (χ1n) is 14.2. The molecule has 4 N–H and O–H groups in total. The number of ether oxygens (including phenoxy) is 1. The van der Waals surface area contributed by atoms with Crippen LogP contribution in [-0.4, -0.2) is 55.6 Å². The Morgan fingerprint density at radius 2 is 1.67 bits per heavy atom. The molecule has 1 heterocycles. The first-order chi connectivity index (χ1) is 18.1. The molecular formula is C32H42O7. The lowest BCUT2D eigenvalue weighted by Gasteiger charge is -2.57. The fourth-order valence-electron chi connectivity index (χ4n) is 8.42. The largest absolute Gasteiger partial charge is 0.511 e. The quantitative estimate of drug-likeness (QED) is 0.208. The molecule has 0 radical (unpaired) electrons.